The molecule has 0 bridgehead atoms. The molecular formula is C16H25ClN2. The van der Waals surface area contributed by atoms with E-state index in [9.17, 15) is 0 Å². The third-order valence-electron chi connectivity index (χ3n) is 4.21. The van der Waals surface area contributed by atoms with Gasteiger partial charge in [0.15, 0.2) is 0 Å². The first-order valence-electron chi connectivity index (χ1n) is 7.33. The predicted octanol–water partition coefficient (Wildman–Crippen LogP) is 3.72. The van der Waals surface area contributed by atoms with E-state index in [0.29, 0.717) is 6.04 Å². The summed E-state index contributed by atoms with van der Waals surface area (Å²) in [6, 6.07) is 8.44. The van der Waals surface area contributed by atoms with Crippen molar-refractivity contribution in [2.75, 3.05) is 26.7 Å². The maximum atomic E-state index is 6.22. The molecule has 0 spiro atoms. The molecule has 0 amide bonds. The summed E-state index contributed by atoms with van der Waals surface area (Å²) in [6.45, 7) is 5.78. The molecule has 1 fully saturated rings. The number of piperidine rings is 1. The molecule has 1 atom stereocenters. The van der Waals surface area contributed by atoms with Gasteiger partial charge < -0.3 is 10.2 Å². The lowest BCUT2D eigenvalue weighted by Crippen LogP contribution is -2.32. The molecule has 1 aliphatic heterocycles. The standard InChI is InChI=1S/C16H25ClN2/c1-13(15-5-3-4-6-16(15)17)18-10-7-14-8-11-19(2)12-9-14/h3-6,13-14,18H,7-12H2,1-2H3. The van der Waals surface area contributed by atoms with E-state index in [0.717, 1.165) is 17.5 Å². The van der Waals surface area contributed by atoms with Gasteiger partial charge in [0.25, 0.3) is 0 Å². The molecule has 3 heteroatoms. The third kappa shape index (κ3) is 4.48. The SMILES string of the molecule is CC(NCCC1CCN(C)CC1)c1ccccc1Cl. The van der Waals surface area contributed by atoms with Crippen LogP contribution in [0.25, 0.3) is 0 Å². The van der Waals surface area contributed by atoms with E-state index in [1.165, 1.54) is 37.9 Å². The van der Waals surface area contributed by atoms with E-state index < -0.39 is 0 Å². The topological polar surface area (TPSA) is 15.3 Å². The van der Waals surface area contributed by atoms with Crippen molar-refractivity contribution < 1.29 is 0 Å². The molecule has 0 saturated carbocycles. The van der Waals surface area contributed by atoms with Crippen LogP contribution in [0.3, 0.4) is 0 Å². The maximum Gasteiger partial charge on any atom is 0.0453 e. The Kier molecular flexibility index (Phi) is 5.68. The summed E-state index contributed by atoms with van der Waals surface area (Å²) in [4.78, 5) is 2.43. The van der Waals surface area contributed by atoms with Gasteiger partial charge in [0.1, 0.15) is 0 Å². The fraction of sp³-hybridized carbons (Fsp3) is 0.625. The first kappa shape index (κ1) is 14.8. The maximum absolute atomic E-state index is 6.22. The molecular weight excluding hydrogens is 256 g/mol. The first-order valence-corrected chi connectivity index (χ1v) is 7.71. The number of hydrogen-bond acceptors (Lipinski definition) is 2. The average Bonchev–Trinajstić information content (AvgIpc) is 2.41. The summed E-state index contributed by atoms with van der Waals surface area (Å²) in [6.07, 6.45) is 3.97. The van der Waals surface area contributed by atoms with E-state index in [2.05, 4.69) is 36.3 Å². The molecule has 1 saturated heterocycles. The van der Waals surface area contributed by atoms with Gasteiger partial charge in [-0.3, -0.25) is 0 Å². The van der Waals surface area contributed by atoms with Crippen molar-refractivity contribution in [1.29, 1.82) is 0 Å². The van der Waals surface area contributed by atoms with E-state index in [-0.39, 0.29) is 0 Å². The summed E-state index contributed by atoms with van der Waals surface area (Å²) in [7, 11) is 2.22. The second-order valence-electron chi connectivity index (χ2n) is 5.73. The Labute approximate surface area is 122 Å². The van der Waals surface area contributed by atoms with Gasteiger partial charge in [-0.15, -0.1) is 0 Å². The van der Waals surface area contributed by atoms with Gasteiger partial charge >= 0.3 is 0 Å². The average molecular weight is 281 g/mol. The van der Waals surface area contributed by atoms with Crippen molar-refractivity contribution >= 4 is 11.6 Å². The van der Waals surface area contributed by atoms with Crippen molar-refractivity contribution in [1.82, 2.24) is 10.2 Å². The number of halogens is 1. The van der Waals surface area contributed by atoms with Crippen LogP contribution in [0, 0.1) is 5.92 Å². The summed E-state index contributed by atoms with van der Waals surface area (Å²) < 4.78 is 0. The monoisotopic (exact) mass is 280 g/mol. The molecule has 19 heavy (non-hydrogen) atoms. The van der Waals surface area contributed by atoms with Crippen molar-refractivity contribution in [3.05, 3.63) is 34.9 Å². The Bertz CT molecular complexity index is 386. The molecule has 1 aromatic rings. The fourth-order valence-corrected chi connectivity index (χ4v) is 3.09. The van der Waals surface area contributed by atoms with Crippen LogP contribution in [0.15, 0.2) is 24.3 Å². The highest BCUT2D eigenvalue weighted by molar-refractivity contribution is 6.31. The van der Waals surface area contributed by atoms with Crippen LogP contribution in [-0.2, 0) is 0 Å². The lowest BCUT2D eigenvalue weighted by atomic mass is 9.93. The number of benzene rings is 1. The van der Waals surface area contributed by atoms with Gasteiger partial charge in [0.2, 0.25) is 0 Å². The molecule has 1 unspecified atom stereocenters. The lowest BCUT2D eigenvalue weighted by molar-refractivity contribution is 0.211. The first-order chi connectivity index (χ1) is 9.16. The van der Waals surface area contributed by atoms with Crippen LogP contribution in [0.1, 0.15) is 37.8 Å². The number of likely N-dealkylation sites (tertiary alicyclic amines) is 1. The van der Waals surface area contributed by atoms with Gasteiger partial charge in [-0.25, -0.2) is 0 Å². The quantitative estimate of drug-likeness (QED) is 0.884. The highest BCUT2D eigenvalue weighted by atomic mass is 35.5. The Hall–Kier alpha value is -0.570. The summed E-state index contributed by atoms with van der Waals surface area (Å²) in [5.74, 6) is 0.891. The van der Waals surface area contributed by atoms with E-state index >= 15 is 0 Å². The van der Waals surface area contributed by atoms with E-state index in [1.807, 2.05) is 12.1 Å². The minimum Gasteiger partial charge on any atom is -0.310 e. The number of nitrogens with zero attached hydrogens (tertiary/aromatic N) is 1. The molecule has 1 N–H and O–H groups in total. The zero-order valence-electron chi connectivity index (χ0n) is 12.0. The Morgan fingerprint density at radius 2 is 2.00 bits per heavy atom. The minimum absolute atomic E-state index is 0.333. The van der Waals surface area contributed by atoms with Crippen molar-refractivity contribution in [2.24, 2.45) is 5.92 Å². The van der Waals surface area contributed by atoms with E-state index in [1.54, 1.807) is 0 Å². The normalized spacial score (nSPS) is 19.5. The van der Waals surface area contributed by atoms with Crippen LogP contribution >= 0.6 is 11.6 Å². The number of nitrogens with one attached hydrogen (secondary N) is 1. The van der Waals surface area contributed by atoms with Crippen molar-refractivity contribution in [3.63, 3.8) is 0 Å². The van der Waals surface area contributed by atoms with Crippen molar-refractivity contribution in [2.45, 2.75) is 32.2 Å². The molecule has 0 radical (unpaired) electrons. The Balaban J connectivity index is 1.72. The molecule has 2 nitrogen and oxygen atoms in total. The van der Waals surface area contributed by atoms with E-state index in [4.69, 9.17) is 11.6 Å². The lowest BCUT2D eigenvalue weighted by Gasteiger charge is -2.29. The van der Waals surface area contributed by atoms with Crippen LogP contribution in [0.5, 0.6) is 0 Å². The van der Waals surface area contributed by atoms with Crippen LogP contribution in [0.2, 0.25) is 5.02 Å². The highest BCUT2D eigenvalue weighted by Crippen LogP contribution is 2.23. The zero-order valence-corrected chi connectivity index (χ0v) is 12.8. The fourth-order valence-electron chi connectivity index (χ4n) is 2.79. The van der Waals surface area contributed by atoms with Crippen LogP contribution in [0.4, 0.5) is 0 Å². The third-order valence-corrected chi connectivity index (χ3v) is 4.56. The second-order valence-corrected chi connectivity index (χ2v) is 6.14. The van der Waals surface area contributed by atoms with Gasteiger partial charge in [-0.05, 0) is 70.4 Å². The van der Waals surface area contributed by atoms with Crippen LogP contribution in [-0.4, -0.2) is 31.6 Å². The molecule has 1 aromatic carbocycles. The smallest absolute Gasteiger partial charge is 0.0453 e. The largest absolute Gasteiger partial charge is 0.310 e. The Morgan fingerprint density at radius 3 is 2.68 bits per heavy atom. The molecule has 106 valence electrons. The molecule has 1 heterocycles. The zero-order chi connectivity index (χ0) is 13.7. The van der Waals surface area contributed by atoms with Gasteiger partial charge in [0, 0.05) is 11.1 Å². The Morgan fingerprint density at radius 1 is 1.32 bits per heavy atom. The second kappa shape index (κ2) is 7.28. The number of rotatable bonds is 5. The summed E-state index contributed by atoms with van der Waals surface area (Å²) >= 11 is 6.22. The van der Waals surface area contributed by atoms with Gasteiger partial charge in [-0.2, -0.15) is 0 Å². The van der Waals surface area contributed by atoms with Gasteiger partial charge in [-0.1, -0.05) is 29.8 Å². The molecule has 1 aliphatic rings. The molecule has 0 aliphatic carbocycles. The molecule has 2 rings (SSSR count). The van der Waals surface area contributed by atoms with Gasteiger partial charge in [0.05, 0.1) is 0 Å². The minimum atomic E-state index is 0.333. The molecule has 0 aromatic heterocycles. The highest BCUT2D eigenvalue weighted by Gasteiger charge is 2.16. The summed E-state index contributed by atoms with van der Waals surface area (Å²) in [5, 5.41) is 4.46. The van der Waals surface area contributed by atoms with Crippen LogP contribution < -0.4 is 5.32 Å². The van der Waals surface area contributed by atoms with Crippen molar-refractivity contribution in [3.8, 4) is 0 Å². The predicted molar refractivity (Wildman–Crippen MR) is 82.7 cm³/mol. The summed E-state index contributed by atoms with van der Waals surface area (Å²) in [5.41, 5.74) is 1.20. The number of hydrogen-bond donors (Lipinski definition) is 1.